The number of nitrogens with one attached hydrogen (secondary N) is 1. The number of para-hydroxylation sites is 1. The van der Waals surface area contributed by atoms with Gasteiger partial charge in [-0.05, 0) is 19.1 Å². The van der Waals surface area contributed by atoms with Crippen molar-refractivity contribution < 1.29 is 9.47 Å². The summed E-state index contributed by atoms with van der Waals surface area (Å²) in [6.45, 7) is 4.33. The monoisotopic (exact) mass is 258 g/mol. The molecule has 0 spiro atoms. The number of rotatable bonds is 3. The minimum Gasteiger partial charge on any atom is -0.475 e. The average molecular weight is 258 g/mol. The molecule has 1 aromatic heterocycles. The maximum Gasteiger partial charge on any atom is 0.213 e. The van der Waals surface area contributed by atoms with E-state index in [1.807, 2.05) is 36.4 Å². The van der Waals surface area contributed by atoms with Crippen LogP contribution >= 0.6 is 0 Å². The number of morpholine rings is 1. The molecule has 1 aliphatic heterocycles. The third kappa shape index (κ3) is 3.03. The number of aromatic nitrogens is 1. The van der Waals surface area contributed by atoms with E-state index in [4.69, 9.17) is 9.47 Å². The third-order valence-corrected chi connectivity index (χ3v) is 3.22. The molecule has 4 heteroatoms. The van der Waals surface area contributed by atoms with Crippen molar-refractivity contribution in [2.45, 2.75) is 19.1 Å². The van der Waals surface area contributed by atoms with Crippen LogP contribution in [-0.2, 0) is 4.74 Å². The minimum absolute atomic E-state index is 0.0945. The lowest BCUT2D eigenvalue weighted by Crippen LogP contribution is -2.45. The average Bonchev–Trinajstić information content (AvgIpc) is 2.45. The maximum absolute atomic E-state index is 5.78. The molecule has 1 fully saturated rings. The second kappa shape index (κ2) is 5.55. The Morgan fingerprint density at radius 1 is 1.26 bits per heavy atom. The Morgan fingerprint density at radius 3 is 3.05 bits per heavy atom. The van der Waals surface area contributed by atoms with Crippen LogP contribution < -0.4 is 10.1 Å². The number of fused-ring (bicyclic) bond motifs is 1. The van der Waals surface area contributed by atoms with Gasteiger partial charge in [-0.25, -0.2) is 4.98 Å². The van der Waals surface area contributed by atoms with Crippen LogP contribution in [0.3, 0.4) is 0 Å². The lowest BCUT2D eigenvalue weighted by molar-refractivity contribution is -0.0476. The number of hydrogen-bond donors (Lipinski definition) is 1. The molecular weight excluding hydrogens is 240 g/mol. The Hall–Kier alpha value is -1.65. The maximum atomic E-state index is 5.78. The second-order valence-electron chi connectivity index (χ2n) is 4.88. The molecule has 2 atom stereocenters. The molecule has 19 heavy (non-hydrogen) atoms. The quantitative estimate of drug-likeness (QED) is 0.914. The van der Waals surface area contributed by atoms with Crippen LogP contribution in [0.15, 0.2) is 36.4 Å². The number of pyridine rings is 1. The van der Waals surface area contributed by atoms with Crippen molar-refractivity contribution in [1.82, 2.24) is 10.3 Å². The smallest absolute Gasteiger partial charge is 0.213 e. The van der Waals surface area contributed by atoms with E-state index in [1.54, 1.807) is 0 Å². The van der Waals surface area contributed by atoms with Gasteiger partial charge in [-0.2, -0.15) is 0 Å². The highest BCUT2D eigenvalue weighted by atomic mass is 16.5. The van der Waals surface area contributed by atoms with Crippen molar-refractivity contribution in [2.75, 3.05) is 19.7 Å². The van der Waals surface area contributed by atoms with Gasteiger partial charge in [0.15, 0.2) is 0 Å². The lowest BCUT2D eigenvalue weighted by atomic mass is 10.2. The molecule has 0 bridgehead atoms. The van der Waals surface area contributed by atoms with Crippen LogP contribution in [0.1, 0.15) is 6.92 Å². The molecule has 2 unspecified atom stereocenters. The fourth-order valence-electron chi connectivity index (χ4n) is 2.28. The first-order valence-corrected chi connectivity index (χ1v) is 6.66. The number of benzene rings is 1. The summed E-state index contributed by atoms with van der Waals surface area (Å²) < 4.78 is 11.5. The molecule has 0 saturated carbocycles. The van der Waals surface area contributed by atoms with Crippen molar-refractivity contribution in [2.24, 2.45) is 0 Å². The van der Waals surface area contributed by atoms with Crippen LogP contribution in [0.4, 0.5) is 0 Å². The number of ether oxygens (including phenoxy) is 2. The van der Waals surface area contributed by atoms with Crippen molar-refractivity contribution in [1.29, 1.82) is 0 Å². The van der Waals surface area contributed by atoms with Crippen molar-refractivity contribution >= 4 is 10.9 Å². The summed E-state index contributed by atoms with van der Waals surface area (Å²) in [4.78, 5) is 4.48. The molecule has 3 rings (SSSR count). The van der Waals surface area contributed by atoms with Gasteiger partial charge in [0.2, 0.25) is 5.88 Å². The summed E-state index contributed by atoms with van der Waals surface area (Å²) >= 11 is 0. The number of hydrogen-bond acceptors (Lipinski definition) is 4. The summed E-state index contributed by atoms with van der Waals surface area (Å²) in [5.41, 5.74) is 0.955. The summed E-state index contributed by atoms with van der Waals surface area (Å²) in [5.74, 6) is 0.653. The highest BCUT2D eigenvalue weighted by molar-refractivity contribution is 5.78. The molecule has 1 saturated heterocycles. The van der Waals surface area contributed by atoms with Gasteiger partial charge < -0.3 is 14.8 Å². The molecule has 4 nitrogen and oxygen atoms in total. The van der Waals surface area contributed by atoms with Crippen molar-refractivity contribution in [3.05, 3.63) is 36.4 Å². The van der Waals surface area contributed by atoms with Gasteiger partial charge in [-0.1, -0.05) is 18.2 Å². The lowest BCUT2D eigenvalue weighted by Gasteiger charge is -2.28. The predicted molar refractivity (Wildman–Crippen MR) is 74.4 cm³/mol. The van der Waals surface area contributed by atoms with E-state index >= 15 is 0 Å². The van der Waals surface area contributed by atoms with E-state index in [9.17, 15) is 0 Å². The van der Waals surface area contributed by atoms with E-state index < -0.39 is 0 Å². The molecule has 1 aromatic carbocycles. The Bertz CT molecular complexity index is 559. The Labute approximate surface area is 112 Å². The van der Waals surface area contributed by atoms with E-state index in [-0.39, 0.29) is 12.2 Å². The first-order chi connectivity index (χ1) is 9.31. The van der Waals surface area contributed by atoms with Crippen molar-refractivity contribution in [3.63, 3.8) is 0 Å². The van der Waals surface area contributed by atoms with E-state index in [1.165, 1.54) is 0 Å². The largest absolute Gasteiger partial charge is 0.475 e. The van der Waals surface area contributed by atoms with Crippen LogP contribution in [-0.4, -0.2) is 36.9 Å². The third-order valence-electron chi connectivity index (χ3n) is 3.22. The minimum atomic E-state index is 0.0945. The molecule has 0 radical (unpaired) electrons. The van der Waals surface area contributed by atoms with Gasteiger partial charge in [-0.15, -0.1) is 0 Å². The molecule has 100 valence electrons. The molecule has 0 aliphatic carbocycles. The highest BCUT2D eigenvalue weighted by Gasteiger charge is 2.19. The zero-order valence-electron chi connectivity index (χ0n) is 11.0. The van der Waals surface area contributed by atoms with E-state index in [0.717, 1.165) is 24.0 Å². The van der Waals surface area contributed by atoms with Gasteiger partial charge in [0.25, 0.3) is 0 Å². The number of nitrogens with zero attached hydrogens (tertiary/aromatic N) is 1. The highest BCUT2D eigenvalue weighted by Crippen LogP contribution is 2.16. The first kappa shape index (κ1) is 12.4. The standard InChI is InChI=1S/C15H18N2O2/c1-11-8-16-9-13(19-11)10-18-15-7-6-12-4-2-3-5-14(12)17-15/h2-7,11,13,16H,8-10H2,1H3. The van der Waals surface area contributed by atoms with Gasteiger partial charge in [-0.3, -0.25) is 0 Å². The normalized spacial score (nSPS) is 23.4. The molecule has 2 aromatic rings. The Kier molecular flexibility index (Phi) is 3.62. The van der Waals surface area contributed by atoms with E-state index in [2.05, 4.69) is 17.2 Å². The molecular formula is C15H18N2O2. The van der Waals surface area contributed by atoms with Gasteiger partial charge in [0.1, 0.15) is 12.7 Å². The summed E-state index contributed by atoms with van der Waals surface area (Å²) in [5, 5.41) is 4.45. The zero-order chi connectivity index (χ0) is 13.1. The van der Waals surface area contributed by atoms with Gasteiger partial charge in [0, 0.05) is 24.5 Å². The molecule has 2 heterocycles. The summed E-state index contributed by atoms with van der Waals surface area (Å²) in [6, 6.07) is 12.0. The second-order valence-corrected chi connectivity index (χ2v) is 4.88. The first-order valence-electron chi connectivity index (χ1n) is 6.66. The summed E-state index contributed by atoms with van der Waals surface area (Å²) in [6.07, 6.45) is 0.337. The zero-order valence-corrected chi connectivity index (χ0v) is 11.0. The SMILES string of the molecule is CC1CNCC(COc2ccc3ccccc3n2)O1. The predicted octanol–water partition coefficient (Wildman–Crippen LogP) is 1.99. The van der Waals surface area contributed by atoms with Crippen molar-refractivity contribution in [3.8, 4) is 5.88 Å². The fraction of sp³-hybridized carbons (Fsp3) is 0.400. The van der Waals surface area contributed by atoms with Gasteiger partial charge in [0.05, 0.1) is 11.6 Å². The molecule has 1 N–H and O–H groups in total. The Balaban J connectivity index is 1.64. The molecule has 1 aliphatic rings. The Morgan fingerprint density at radius 2 is 2.16 bits per heavy atom. The molecule has 0 amide bonds. The van der Waals surface area contributed by atoms with Crippen LogP contribution in [0, 0.1) is 0 Å². The van der Waals surface area contributed by atoms with Crippen LogP contribution in [0.5, 0.6) is 5.88 Å². The summed E-state index contributed by atoms with van der Waals surface area (Å²) in [7, 11) is 0. The van der Waals surface area contributed by atoms with Crippen LogP contribution in [0.25, 0.3) is 10.9 Å². The topological polar surface area (TPSA) is 43.4 Å². The fourth-order valence-corrected chi connectivity index (χ4v) is 2.28. The van der Waals surface area contributed by atoms with E-state index in [0.29, 0.717) is 12.5 Å². The van der Waals surface area contributed by atoms with Gasteiger partial charge >= 0.3 is 0 Å². The van der Waals surface area contributed by atoms with Crippen LogP contribution in [0.2, 0.25) is 0 Å².